The van der Waals surface area contributed by atoms with Crippen LogP contribution >= 0.6 is 0 Å². The van der Waals surface area contributed by atoms with Gasteiger partial charge < -0.3 is 5.32 Å². The molecule has 0 aliphatic carbocycles. The Labute approximate surface area is 103 Å². The molecule has 1 aliphatic heterocycles. The Balaban J connectivity index is 2.14. The minimum absolute atomic E-state index is 0.0782. The lowest BCUT2D eigenvalue weighted by molar-refractivity contribution is 0.0616. The van der Waals surface area contributed by atoms with Gasteiger partial charge in [0.2, 0.25) is 0 Å². The van der Waals surface area contributed by atoms with Crippen molar-refractivity contribution in [1.82, 2.24) is 10.2 Å². The first-order valence-corrected chi connectivity index (χ1v) is 6.21. The van der Waals surface area contributed by atoms with Crippen LogP contribution in [-0.2, 0) is 6.54 Å². The van der Waals surface area contributed by atoms with E-state index < -0.39 is 0 Å². The molecule has 1 aliphatic rings. The summed E-state index contributed by atoms with van der Waals surface area (Å²) in [6.45, 7) is 9.17. The van der Waals surface area contributed by atoms with Crippen molar-refractivity contribution in [2.45, 2.75) is 38.9 Å². The minimum Gasteiger partial charge on any atom is -0.311 e. The average molecular weight is 236 g/mol. The van der Waals surface area contributed by atoms with Gasteiger partial charge in [-0.05, 0) is 26.8 Å². The third kappa shape index (κ3) is 2.85. The highest BCUT2D eigenvalue weighted by atomic mass is 19.1. The van der Waals surface area contributed by atoms with Gasteiger partial charge in [0.05, 0.1) is 0 Å². The standard InChI is InChI=1S/C14H21FN2/c1-11-8-17(14(2,3)10-16-11)9-12-6-4-5-7-13(12)15/h4-7,11,16H,8-10H2,1-3H3. The van der Waals surface area contributed by atoms with Crippen molar-refractivity contribution in [2.75, 3.05) is 13.1 Å². The number of benzene rings is 1. The van der Waals surface area contributed by atoms with Gasteiger partial charge in [0.15, 0.2) is 0 Å². The van der Waals surface area contributed by atoms with Gasteiger partial charge in [-0.15, -0.1) is 0 Å². The highest BCUT2D eigenvalue weighted by molar-refractivity contribution is 5.17. The Morgan fingerprint density at radius 2 is 2.12 bits per heavy atom. The highest BCUT2D eigenvalue weighted by Crippen LogP contribution is 2.22. The van der Waals surface area contributed by atoms with Crippen molar-refractivity contribution in [2.24, 2.45) is 0 Å². The van der Waals surface area contributed by atoms with E-state index in [2.05, 4.69) is 31.0 Å². The van der Waals surface area contributed by atoms with Crippen LogP contribution in [0, 0.1) is 5.82 Å². The Hall–Kier alpha value is -0.930. The van der Waals surface area contributed by atoms with Gasteiger partial charge in [-0.2, -0.15) is 0 Å². The van der Waals surface area contributed by atoms with Gasteiger partial charge in [-0.3, -0.25) is 4.90 Å². The van der Waals surface area contributed by atoms with Crippen LogP contribution < -0.4 is 5.32 Å². The molecule has 17 heavy (non-hydrogen) atoms. The summed E-state index contributed by atoms with van der Waals surface area (Å²) in [7, 11) is 0. The smallest absolute Gasteiger partial charge is 0.127 e. The van der Waals surface area contributed by atoms with Crippen molar-refractivity contribution in [3.63, 3.8) is 0 Å². The highest BCUT2D eigenvalue weighted by Gasteiger charge is 2.32. The van der Waals surface area contributed by atoms with E-state index in [0.717, 1.165) is 18.7 Å². The predicted octanol–water partition coefficient (Wildman–Crippen LogP) is 2.40. The maximum absolute atomic E-state index is 13.7. The van der Waals surface area contributed by atoms with Crippen LogP contribution in [0.3, 0.4) is 0 Å². The van der Waals surface area contributed by atoms with E-state index in [0.29, 0.717) is 12.6 Å². The maximum Gasteiger partial charge on any atom is 0.127 e. The first kappa shape index (κ1) is 12.5. The molecule has 1 atom stereocenters. The fourth-order valence-electron chi connectivity index (χ4n) is 2.29. The van der Waals surface area contributed by atoms with Crippen molar-refractivity contribution < 1.29 is 4.39 Å². The zero-order valence-corrected chi connectivity index (χ0v) is 10.8. The van der Waals surface area contributed by atoms with E-state index in [-0.39, 0.29) is 11.4 Å². The molecule has 3 heteroatoms. The first-order chi connectivity index (χ1) is 7.99. The molecule has 94 valence electrons. The molecular weight excluding hydrogens is 215 g/mol. The molecule has 1 N–H and O–H groups in total. The SMILES string of the molecule is CC1CN(Cc2ccccc2F)C(C)(C)CN1. The van der Waals surface area contributed by atoms with Crippen molar-refractivity contribution >= 4 is 0 Å². The number of nitrogens with one attached hydrogen (secondary N) is 1. The zero-order valence-electron chi connectivity index (χ0n) is 10.8. The predicted molar refractivity (Wildman–Crippen MR) is 68.4 cm³/mol. The number of halogens is 1. The fraction of sp³-hybridized carbons (Fsp3) is 0.571. The van der Waals surface area contributed by atoms with Crippen LogP contribution in [0.15, 0.2) is 24.3 Å². The summed E-state index contributed by atoms with van der Waals surface area (Å²) >= 11 is 0. The van der Waals surface area contributed by atoms with Gasteiger partial charge in [0.25, 0.3) is 0 Å². The summed E-state index contributed by atoms with van der Waals surface area (Å²) in [5.74, 6) is -0.102. The van der Waals surface area contributed by atoms with E-state index in [1.165, 1.54) is 6.07 Å². The lowest BCUT2D eigenvalue weighted by atomic mass is 9.97. The van der Waals surface area contributed by atoms with E-state index in [1.54, 1.807) is 6.07 Å². The fourth-order valence-corrected chi connectivity index (χ4v) is 2.29. The van der Waals surface area contributed by atoms with Gasteiger partial charge in [-0.1, -0.05) is 18.2 Å². The Bertz CT molecular complexity index is 390. The van der Waals surface area contributed by atoms with Crippen LogP contribution in [0.2, 0.25) is 0 Å². The molecule has 1 aromatic carbocycles. The van der Waals surface area contributed by atoms with Gasteiger partial charge in [-0.25, -0.2) is 4.39 Å². The third-order valence-corrected chi connectivity index (χ3v) is 3.55. The lowest BCUT2D eigenvalue weighted by Crippen LogP contribution is -2.60. The summed E-state index contributed by atoms with van der Waals surface area (Å²) in [5.41, 5.74) is 0.865. The largest absolute Gasteiger partial charge is 0.311 e. The summed E-state index contributed by atoms with van der Waals surface area (Å²) in [6, 6.07) is 7.52. The molecule has 0 amide bonds. The van der Waals surface area contributed by atoms with E-state index in [1.807, 2.05) is 12.1 Å². The average Bonchev–Trinajstić information content (AvgIpc) is 2.27. The molecule has 2 nitrogen and oxygen atoms in total. The third-order valence-electron chi connectivity index (χ3n) is 3.55. The van der Waals surface area contributed by atoms with Crippen LogP contribution in [0.25, 0.3) is 0 Å². The molecule has 0 radical (unpaired) electrons. The molecule has 1 fully saturated rings. The van der Waals surface area contributed by atoms with E-state index in [4.69, 9.17) is 0 Å². The molecule has 0 bridgehead atoms. The number of nitrogens with zero attached hydrogens (tertiary/aromatic N) is 1. The number of hydrogen-bond donors (Lipinski definition) is 1. The van der Waals surface area contributed by atoms with Crippen LogP contribution in [0.5, 0.6) is 0 Å². The van der Waals surface area contributed by atoms with E-state index in [9.17, 15) is 4.39 Å². The van der Waals surface area contributed by atoms with Gasteiger partial charge in [0.1, 0.15) is 5.82 Å². The summed E-state index contributed by atoms with van der Waals surface area (Å²) in [4.78, 5) is 2.35. The van der Waals surface area contributed by atoms with Crippen LogP contribution in [0.4, 0.5) is 4.39 Å². The second-order valence-electron chi connectivity index (χ2n) is 5.57. The monoisotopic (exact) mass is 236 g/mol. The van der Waals surface area contributed by atoms with Gasteiger partial charge in [0, 0.05) is 36.8 Å². The minimum atomic E-state index is -0.102. The molecule has 0 spiro atoms. The normalized spacial score (nSPS) is 24.8. The lowest BCUT2D eigenvalue weighted by Gasteiger charge is -2.45. The number of hydrogen-bond acceptors (Lipinski definition) is 2. The topological polar surface area (TPSA) is 15.3 Å². The molecule has 1 unspecified atom stereocenters. The number of rotatable bonds is 2. The van der Waals surface area contributed by atoms with Crippen LogP contribution in [0.1, 0.15) is 26.3 Å². The zero-order chi connectivity index (χ0) is 12.5. The Kier molecular flexibility index (Phi) is 3.50. The van der Waals surface area contributed by atoms with Crippen LogP contribution in [-0.4, -0.2) is 29.6 Å². The van der Waals surface area contributed by atoms with Crippen molar-refractivity contribution in [1.29, 1.82) is 0 Å². The second-order valence-corrected chi connectivity index (χ2v) is 5.57. The first-order valence-electron chi connectivity index (χ1n) is 6.21. The maximum atomic E-state index is 13.7. The molecular formula is C14H21FN2. The second kappa shape index (κ2) is 4.75. The van der Waals surface area contributed by atoms with Crippen molar-refractivity contribution in [3.8, 4) is 0 Å². The molecule has 2 rings (SSSR count). The summed E-state index contributed by atoms with van der Waals surface area (Å²) in [6.07, 6.45) is 0. The van der Waals surface area contributed by atoms with Gasteiger partial charge >= 0.3 is 0 Å². The summed E-state index contributed by atoms with van der Waals surface area (Å²) in [5, 5.41) is 3.47. The molecule has 0 aromatic heterocycles. The van der Waals surface area contributed by atoms with E-state index >= 15 is 0 Å². The van der Waals surface area contributed by atoms with Crippen molar-refractivity contribution in [3.05, 3.63) is 35.6 Å². The Morgan fingerprint density at radius 3 is 2.82 bits per heavy atom. The molecule has 1 aromatic rings. The quantitative estimate of drug-likeness (QED) is 0.848. The molecule has 0 saturated carbocycles. The molecule has 1 saturated heterocycles. The number of piperazine rings is 1. The molecule has 1 heterocycles. The Morgan fingerprint density at radius 1 is 1.41 bits per heavy atom. The summed E-state index contributed by atoms with van der Waals surface area (Å²) < 4.78 is 13.7.